The zero-order valence-electron chi connectivity index (χ0n) is 10.2. The van der Waals surface area contributed by atoms with Gasteiger partial charge in [0.05, 0.1) is 5.69 Å². The van der Waals surface area contributed by atoms with Gasteiger partial charge in [-0.2, -0.15) is 0 Å². The first-order valence-electron chi connectivity index (χ1n) is 6.30. The van der Waals surface area contributed by atoms with Gasteiger partial charge < -0.3 is 5.73 Å². The summed E-state index contributed by atoms with van der Waals surface area (Å²) in [6.07, 6.45) is 5.68. The van der Waals surface area contributed by atoms with Crippen molar-refractivity contribution in [2.24, 2.45) is 5.73 Å². The maximum atomic E-state index is 5.54. The first kappa shape index (κ1) is 11.8. The molecule has 0 unspecified atom stereocenters. The lowest BCUT2D eigenvalue weighted by molar-refractivity contribution is 0.911. The summed E-state index contributed by atoms with van der Waals surface area (Å²) in [7, 11) is 0. The zero-order valence-corrected chi connectivity index (χ0v) is 11.0. The molecule has 2 nitrogen and oxygen atoms in total. The maximum Gasteiger partial charge on any atom is 0.0540 e. The van der Waals surface area contributed by atoms with E-state index < -0.39 is 0 Å². The van der Waals surface area contributed by atoms with E-state index in [1.54, 1.807) is 11.8 Å². The Morgan fingerprint density at radius 1 is 1.06 bits per heavy atom. The highest BCUT2D eigenvalue weighted by Crippen LogP contribution is 2.31. The van der Waals surface area contributed by atoms with E-state index in [1.165, 1.54) is 40.2 Å². The average molecular weight is 256 g/mol. The number of aromatic nitrogens is 1. The van der Waals surface area contributed by atoms with E-state index >= 15 is 0 Å². The highest BCUT2D eigenvalue weighted by atomic mass is 32.2. The fourth-order valence-corrected chi connectivity index (χ4v) is 3.19. The Balaban J connectivity index is 1.79. The lowest BCUT2D eigenvalue weighted by atomic mass is 10.1. The van der Waals surface area contributed by atoms with Gasteiger partial charge in [-0.05, 0) is 54.7 Å². The van der Waals surface area contributed by atoms with Crippen molar-refractivity contribution in [3.8, 4) is 0 Å². The molecule has 1 aromatic carbocycles. The summed E-state index contributed by atoms with van der Waals surface area (Å²) in [6, 6.07) is 10.9. The summed E-state index contributed by atoms with van der Waals surface area (Å²) in [5.74, 6) is 0. The molecule has 2 N–H and O–H groups in total. The van der Waals surface area contributed by atoms with Crippen LogP contribution in [0.15, 0.2) is 46.3 Å². The number of aryl methyl sites for hydroxylation is 2. The first-order valence-corrected chi connectivity index (χ1v) is 7.11. The molecule has 0 bridgehead atoms. The molecule has 1 heterocycles. The zero-order chi connectivity index (χ0) is 12.4. The number of benzene rings is 1. The molecule has 3 rings (SSSR count). The van der Waals surface area contributed by atoms with Gasteiger partial charge in [0.2, 0.25) is 0 Å². The van der Waals surface area contributed by atoms with Crippen LogP contribution in [0.5, 0.6) is 0 Å². The van der Waals surface area contributed by atoms with E-state index in [1.807, 2.05) is 12.3 Å². The second-order valence-electron chi connectivity index (χ2n) is 4.58. The fraction of sp³-hybridized carbons (Fsp3) is 0.267. The van der Waals surface area contributed by atoms with Gasteiger partial charge in [0.1, 0.15) is 0 Å². The SMILES string of the molecule is NCc1ccc(Sc2ccc3c(c2)CCC3)cn1. The van der Waals surface area contributed by atoms with Gasteiger partial charge >= 0.3 is 0 Å². The van der Waals surface area contributed by atoms with Crippen LogP contribution in [0.1, 0.15) is 23.2 Å². The van der Waals surface area contributed by atoms with Crippen molar-refractivity contribution in [3.63, 3.8) is 0 Å². The van der Waals surface area contributed by atoms with Gasteiger partial charge in [0.15, 0.2) is 0 Å². The number of fused-ring (bicyclic) bond motifs is 1. The number of rotatable bonds is 3. The number of hydrogen-bond donors (Lipinski definition) is 1. The number of nitrogens with zero attached hydrogens (tertiary/aromatic N) is 1. The third-order valence-electron chi connectivity index (χ3n) is 3.31. The highest BCUT2D eigenvalue weighted by molar-refractivity contribution is 7.99. The topological polar surface area (TPSA) is 38.9 Å². The van der Waals surface area contributed by atoms with E-state index in [9.17, 15) is 0 Å². The monoisotopic (exact) mass is 256 g/mol. The molecular weight excluding hydrogens is 240 g/mol. The summed E-state index contributed by atoms with van der Waals surface area (Å²) in [5, 5.41) is 0. The molecule has 0 aliphatic heterocycles. The quantitative estimate of drug-likeness (QED) is 0.916. The number of nitrogens with two attached hydrogens (primary N) is 1. The second-order valence-corrected chi connectivity index (χ2v) is 5.72. The minimum absolute atomic E-state index is 0.504. The smallest absolute Gasteiger partial charge is 0.0540 e. The lowest BCUT2D eigenvalue weighted by Crippen LogP contribution is -1.98. The lowest BCUT2D eigenvalue weighted by Gasteiger charge is -2.05. The second kappa shape index (κ2) is 5.12. The Hall–Kier alpha value is -1.32. The Morgan fingerprint density at radius 2 is 1.89 bits per heavy atom. The molecule has 0 spiro atoms. The third kappa shape index (κ3) is 2.42. The molecule has 0 amide bonds. The minimum Gasteiger partial charge on any atom is -0.325 e. The predicted octanol–water partition coefficient (Wildman–Crippen LogP) is 3.18. The van der Waals surface area contributed by atoms with Crippen LogP contribution in [-0.2, 0) is 19.4 Å². The van der Waals surface area contributed by atoms with E-state index in [0.717, 1.165) is 5.69 Å². The van der Waals surface area contributed by atoms with Gasteiger partial charge in [-0.25, -0.2) is 0 Å². The minimum atomic E-state index is 0.504. The number of pyridine rings is 1. The van der Waals surface area contributed by atoms with E-state index in [0.29, 0.717) is 6.54 Å². The van der Waals surface area contributed by atoms with Gasteiger partial charge in [0.25, 0.3) is 0 Å². The third-order valence-corrected chi connectivity index (χ3v) is 4.28. The van der Waals surface area contributed by atoms with Crippen LogP contribution in [0.4, 0.5) is 0 Å². The molecule has 1 aromatic heterocycles. The van der Waals surface area contributed by atoms with E-state index in [4.69, 9.17) is 5.73 Å². The summed E-state index contributed by atoms with van der Waals surface area (Å²) in [6.45, 7) is 0.504. The fourth-order valence-electron chi connectivity index (χ4n) is 2.34. The van der Waals surface area contributed by atoms with E-state index in [-0.39, 0.29) is 0 Å². The van der Waals surface area contributed by atoms with Crippen LogP contribution >= 0.6 is 11.8 Å². The molecule has 0 atom stereocenters. The van der Waals surface area contributed by atoms with Crippen molar-refractivity contribution in [2.75, 3.05) is 0 Å². The number of hydrogen-bond acceptors (Lipinski definition) is 3. The predicted molar refractivity (Wildman–Crippen MR) is 74.7 cm³/mol. The van der Waals surface area contributed by atoms with Gasteiger partial charge in [-0.15, -0.1) is 0 Å². The van der Waals surface area contributed by atoms with Crippen molar-refractivity contribution in [1.29, 1.82) is 0 Å². The maximum absolute atomic E-state index is 5.54. The molecule has 3 heteroatoms. The van der Waals surface area contributed by atoms with Crippen LogP contribution < -0.4 is 5.73 Å². The standard InChI is InChI=1S/C15H16N2S/c16-9-13-5-7-15(10-17-13)18-14-6-4-11-2-1-3-12(11)8-14/h4-8,10H,1-3,9,16H2. The van der Waals surface area contributed by atoms with Crippen molar-refractivity contribution in [2.45, 2.75) is 35.6 Å². The molecule has 0 fully saturated rings. The Kier molecular flexibility index (Phi) is 3.35. The molecule has 1 aliphatic rings. The highest BCUT2D eigenvalue weighted by Gasteiger charge is 2.11. The van der Waals surface area contributed by atoms with Crippen LogP contribution in [0.3, 0.4) is 0 Å². The van der Waals surface area contributed by atoms with Gasteiger partial charge in [-0.1, -0.05) is 17.8 Å². The summed E-state index contributed by atoms with van der Waals surface area (Å²) in [4.78, 5) is 6.80. The van der Waals surface area contributed by atoms with Crippen molar-refractivity contribution in [3.05, 3.63) is 53.3 Å². The van der Waals surface area contributed by atoms with Crippen molar-refractivity contribution in [1.82, 2.24) is 4.98 Å². The largest absolute Gasteiger partial charge is 0.325 e. The molecule has 0 saturated carbocycles. The van der Waals surface area contributed by atoms with Gasteiger partial charge in [0, 0.05) is 22.5 Å². The Labute approximate surface area is 112 Å². The Morgan fingerprint density at radius 3 is 2.67 bits per heavy atom. The molecule has 0 radical (unpaired) electrons. The molecule has 2 aromatic rings. The summed E-state index contributed by atoms with van der Waals surface area (Å²) < 4.78 is 0. The molecule has 0 saturated heterocycles. The van der Waals surface area contributed by atoms with Crippen LogP contribution in [0.2, 0.25) is 0 Å². The molecular formula is C15H16N2S. The van der Waals surface area contributed by atoms with Crippen molar-refractivity contribution < 1.29 is 0 Å². The molecule has 92 valence electrons. The molecule has 1 aliphatic carbocycles. The first-order chi connectivity index (χ1) is 8.85. The van der Waals surface area contributed by atoms with Crippen LogP contribution in [0.25, 0.3) is 0 Å². The molecule has 18 heavy (non-hydrogen) atoms. The summed E-state index contributed by atoms with van der Waals surface area (Å²) in [5.41, 5.74) is 9.53. The van der Waals surface area contributed by atoms with Gasteiger partial charge in [-0.3, -0.25) is 4.98 Å². The average Bonchev–Trinajstić information content (AvgIpc) is 2.87. The van der Waals surface area contributed by atoms with Crippen molar-refractivity contribution >= 4 is 11.8 Å². The summed E-state index contributed by atoms with van der Waals surface area (Å²) >= 11 is 1.77. The normalized spacial score (nSPS) is 13.6. The van der Waals surface area contributed by atoms with E-state index in [2.05, 4.69) is 29.2 Å². The van der Waals surface area contributed by atoms with Crippen LogP contribution in [-0.4, -0.2) is 4.98 Å². The Bertz CT molecular complexity index is 549. The van der Waals surface area contributed by atoms with Crippen LogP contribution in [0, 0.1) is 0 Å².